The zero-order valence-electron chi connectivity index (χ0n) is 14.5. The molecule has 1 aliphatic heterocycles. The molecule has 2 aromatic rings. The van der Waals surface area contributed by atoms with Gasteiger partial charge in [0, 0.05) is 37.8 Å². The van der Waals surface area contributed by atoms with Gasteiger partial charge in [0.05, 0.1) is 13.7 Å². The number of hydrogen-bond acceptors (Lipinski definition) is 6. The van der Waals surface area contributed by atoms with Crippen molar-refractivity contribution in [3.8, 4) is 11.6 Å². The molecule has 2 heterocycles. The molecule has 1 fully saturated rings. The van der Waals surface area contributed by atoms with E-state index in [0.717, 1.165) is 24.7 Å². The number of piperazine rings is 1. The monoisotopic (exact) mass is 342 g/mol. The molecule has 3 rings (SSSR count). The lowest BCUT2D eigenvalue weighted by Gasteiger charge is -2.35. The molecule has 1 aromatic carbocycles. The van der Waals surface area contributed by atoms with Crippen molar-refractivity contribution in [3.63, 3.8) is 0 Å². The first-order valence-corrected chi connectivity index (χ1v) is 8.36. The zero-order chi connectivity index (χ0) is 17.6. The van der Waals surface area contributed by atoms with Crippen LogP contribution in [0.15, 0.2) is 36.4 Å². The first kappa shape index (κ1) is 17.0. The Hall–Kier alpha value is -2.83. The maximum absolute atomic E-state index is 12.6. The second-order valence-electron chi connectivity index (χ2n) is 5.67. The van der Waals surface area contributed by atoms with Gasteiger partial charge in [-0.1, -0.05) is 0 Å². The molecule has 0 N–H and O–H groups in total. The number of carbonyl (C=O) groups excluding carboxylic acids is 1. The van der Waals surface area contributed by atoms with Crippen LogP contribution in [0.25, 0.3) is 0 Å². The Bertz CT molecular complexity index is 695. The summed E-state index contributed by atoms with van der Waals surface area (Å²) in [5.41, 5.74) is 0.682. The van der Waals surface area contributed by atoms with E-state index in [4.69, 9.17) is 9.47 Å². The normalized spacial score (nSPS) is 14.3. The van der Waals surface area contributed by atoms with Crippen LogP contribution in [0.2, 0.25) is 0 Å². The van der Waals surface area contributed by atoms with Crippen molar-refractivity contribution < 1.29 is 14.3 Å². The highest BCUT2D eigenvalue weighted by Crippen LogP contribution is 2.18. The predicted octanol–water partition coefficient (Wildman–Crippen LogP) is 1.85. The standard InChI is InChI=1S/C18H22N4O3/c1-3-25-15-6-4-14(5-7-15)18(23)22-12-10-21(11-13-22)16-8-9-17(24-2)20-19-16/h4-9H,3,10-13H2,1-2H3. The average molecular weight is 342 g/mol. The third-order valence-corrected chi connectivity index (χ3v) is 4.14. The molecule has 1 aromatic heterocycles. The van der Waals surface area contributed by atoms with E-state index in [1.807, 2.05) is 42.2 Å². The number of ether oxygens (including phenoxy) is 2. The number of amides is 1. The van der Waals surface area contributed by atoms with Crippen LogP contribution in [-0.2, 0) is 0 Å². The van der Waals surface area contributed by atoms with E-state index in [9.17, 15) is 4.79 Å². The van der Waals surface area contributed by atoms with Gasteiger partial charge in [0.15, 0.2) is 5.82 Å². The Labute approximate surface area is 147 Å². The van der Waals surface area contributed by atoms with Gasteiger partial charge in [-0.2, -0.15) is 0 Å². The van der Waals surface area contributed by atoms with Crippen LogP contribution in [0.4, 0.5) is 5.82 Å². The summed E-state index contributed by atoms with van der Waals surface area (Å²) < 4.78 is 10.4. The quantitative estimate of drug-likeness (QED) is 0.826. The molecule has 1 aliphatic rings. The van der Waals surface area contributed by atoms with E-state index in [1.165, 1.54) is 0 Å². The van der Waals surface area contributed by atoms with Crippen molar-refractivity contribution in [2.75, 3.05) is 44.8 Å². The van der Waals surface area contributed by atoms with Crippen LogP contribution >= 0.6 is 0 Å². The van der Waals surface area contributed by atoms with Crippen molar-refractivity contribution in [1.29, 1.82) is 0 Å². The van der Waals surface area contributed by atoms with Gasteiger partial charge >= 0.3 is 0 Å². The fourth-order valence-corrected chi connectivity index (χ4v) is 2.77. The van der Waals surface area contributed by atoms with E-state index in [0.29, 0.717) is 31.1 Å². The fourth-order valence-electron chi connectivity index (χ4n) is 2.77. The topological polar surface area (TPSA) is 67.8 Å². The van der Waals surface area contributed by atoms with Crippen LogP contribution in [0, 0.1) is 0 Å². The molecule has 0 aliphatic carbocycles. The molecule has 1 saturated heterocycles. The Balaban J connectivity index is 1.58. The molecule has 0 bridgehead atoms. The smallest absolute Gasteiger partial charge is 0.253 e. The van der Waals surface area contributed by atoms with E-state index < -0.39 is 0 Å². The lowest BCUT2D eigenvalue weighted by molar-refractivity contribution is 0.0746. The zero-order valence-corrected chi connectivity index (χ0v) is 14.5. The summed E-state index contributed by atoms with van der Waals surface area (Å²) in [7, 11) is 1.56. The molecular weight excluding hydrogens is 320 g/mol. The molecule has 0 unspecified atom stereocenters. The van der Waals surface area contributed by atoms with Crippen molar-refractivity contribution in [1.82, 2.24) is 15.1 Å². The van der Waals surface area contributed by atoms with Gasteiger partial charge in [-0.15, -0.1) is 10.2 Å². The molecule has 0 atom stereocenters. The molecule has 132 valence electrons. The lowest BCUT2D eigenvalue weighted by Crippen LogP contribution is -2.49. The van der Waals surface area contributed by atoms with Gasteiger partial charge in [-0.05, 0) is 37.3 Å². The number of hydrogen-bond donors (Lipinski definition) is 0. The highest BCUT2D eigenvalue weighted by molar-refractivity contribution is 5.94. The van der Waals surface area contributed by atoms with Crippen LogP contribution in [0.1, 0.15) is 17.3 Å². The number of nitrogens with zero attached hydrogens (tertiary/aromatic N) is 4. The summed E-state index contributed by atoms with van der Waals surface area (Å²) in [6, 6.07) is 11.0. The molecule has 0 radical (unpaired) electrons. The number of benzene rings is 1. The summed E-state index contributed by atoms with van der Waals surface area (Å²) in [4.78, 5) is 16.6. The Kier molecular flexibility index (Phi) is 5.33. The summed E-state index contributed by atoms with van der Waals surface area (Å²) in [6.45, 7) is 5.31. The molecule has 1 amide bonds. The van der Waals surface area contributed by atoms with Crippen LogP contribution in [0.3, 0.4) is 0 Å². The van der Waals surface area contributed by atoms with Crippen molar-refractivity contribution >= 4 is 11.7 Å². The third-order valence-electron chi connectivity index (χ3n) is 4.14. The van der Waals surface area contributed by atoms with Gasteiger partial charge in [-0.25, -0.2) is 0 Å². The summed E-state index contributed by atoms with van der Waals surface area (Å²) in [5.74, 6) is 2.12. The predicted molar refractivity (Wildman–Crippen MR) is 94.3 cm³/mol. The molecule has 7 nitrogen and oxygen atoms in total. The number of methoxy groups -OCH3 is 1. The third kappa shape index (κ3) is 3.99. The average Bonchev–Trinajstić information content (AvgIpc) is 2.68. The minimum atomic E-state index is 0.0449. The number of carbonyl (C=O) groups is 1. The van der Waals surface area contributed by atoms with Gasteiger partial charge in [0.1, 0.15) is 5.75 Å². The maximum Gasteiger partial charge on any atom is 0.253 e. The Morgan fingerprint density at radius 2 is 1.76 bits per heavy atom. The first-order valence-electron chi connectivity index (χ1n) is 8.36. The van der Waals surface area contributed by atoms with Crippen LogP contribution < -0.4 is 14.4 Å². The fraction of sp³-hybridized carbons (Fsp3) is 0.389. The number of rotatable bonds is 5. The van der Waals surface area contributed by atoms with Crippen molar-refractivity contribution in [2.45, 2.75) is 6.92 Å². The van der Waals surface area contributed by atoms with E-state index in [2.05, 4.69) is 15.1 Å². The molecule has 0 spiro atoms. The maximum atomic E-state index is 12.6. The van der Waals surface area contributed by atoms with Gasteiger partial charge < -0.3 is 19.3 Å². The SMILES string of the molecule is CCOc1ccc(C(=O)N2CCN(c3ccc(OC)nn3)CC2)cc1. The van der Waals surface area contributed by atoms with Gasteiger partial charge in [0.25, 0.3) is 5.91 Å². The van der Waals surface area contributed by atoms with Crippen LogP contribution in [0.5, 0.6) is 11.6 Å². The summed E-state index contributed by atoms with van der Waals surface area (Å²) in [5, 5.41) is 8.15. The highest BCUT2D eigenvalue weighted by atomic mass is 16.5. The van der Waals surface area contributed by atoms with Gasteiger partial charge in [-0.3, -0.25) is 4.79 Å². The second-order valence-corrected chi connectivity index (χ2v) is 5.67. The minimum Gasteiger partial charge on any atom is -0.494 e. The largest absolute Gasteiger partial charge is 0.494 e. The van der Waals surface area contributed by atoms with E-state index >= 15 is 0 Å². The lowest BCUT2D eigenvalue weighted by atomic mass is 10.1. The Morgan fingerprint density at radius 1 is 1.04 bits per heavy atom. The van der Waals surface area contributed by atoms with Crippen LogP contribution in [-0.4, -0.2) is 60.9 Å². The second kappa shape index (κ2) is 7.83. The molecule has 7 heteroatoms. The molecular formula is C18H22N4O3. The number of anilines is 1. The first-order chi connectivity index (χ1) is 12.2. The summed E-state index contributed by atoms with van der Waals surface area (Å²) >= 11 is 0. The number of aromatic nitrogens is 2. The van der Waals surface area contributed by atoms with Crippen molar-refractivity contribution in [2.24, 2.45) is 0 Å². The molecule has 25 heavy (non-hydrogen) atoms. The summed E-state index contributed by atoms with van der Waals surface area (Å²) in [6.07, 6.45) is 0. The molecule has 0 saturated carbocycles. The minimum absolute atomic E-state index is 0.0449. The van der Waals surface area contributed by atoms with E-state index in [-0.39, 0.29) is 5.91 Å². The Morgan fingerprint density at radius 3 is 2.32 bits per heavy atom. The highest BCUT2D eigenvalue weighted by Gasteiger charge is 2.23. The van der Waals surface area contributed by atoms with Crippen molar-refractivity contribution in [3.05, 3.63) is 42.0 Å². The van der Waals surface area contributed by atoms with E-state index in [1.54, 1.807) is 13.2 Å². The van der Waals surface area contributed by atoms with Gasteiger partial charge in [0.2, 0.25) is 5.88 Å².